The Kier molecular flexibility index (Phi) is 7.07. The van der Waals surface area contributed by atoms with Crippen LogP contribution in [0.2, 0.25) is 0 Å². The number of rotatable bonds is 8. The summed E-state index contributed by atoms with van der Waals surface area (Å²) < 4.78 is 15.9. The maximum Gasteiger partial charge on any atom is 0.241 e. The minimum atomic E-state index is -0.306. The van der Waals surface area contributed by atoms with Crippen molar-refractivity contribution in [2.24, 2.45) is 0 Å². The maximum atomic E-state index is 12.6. The summed E-state index contributed by atoms with van der Waals surface area (Å²) >= 11 is 0. The van der Waals surface area contributed by atoms with Gasteiger partial charge < -0.3 is 19.5 Å². The lowest BCUT2D eigenvalue weighted by Gasteiger charge is -2.25. The van der Waals surface area contributed by atoms with E-state index >= 15 is 0 Å². The predicted molar refractivity (Wildman–Crippen MR) is 107 cm³/mol. The molecule has 0 spiro atoms. The Bertz CT molecular complexity index is 774. The number of amides is 1. The second-order valence-corrected chi connectivity index (χ2v) is 6.44. The molecule has 2 aromatic rings. The number of likely N-dealkylation sites (N-methyl/N-ethyl adjacent to an activating group) is 1. The zero-order valence-electron chi connectivity index (χ0n) is 16.8. The van der Waals surface area contributed by atoms with E-state index < -0.39 is 0 Å². The van der Waals surface area contributed by atoms with Crippen LogP contribution < -0.4 is 19.5 Å². The van der Waals surface area contributed by atoms with Crippen LogP contribution in [-0.4, -0.2) is 45.2 Å². The molecule has 0 radical (unpaired) electrons. The molecule has 6 heteroatoms. The zero-order chi connectivity index (χ0) is 20.0. The molecule has 27 heavy (non-hydrogen) atoms. The van der Waals surface area contributed by atoms with Gasteiger partial charge in [0, 0.05) is 12.2 Å². The number of methoxy groups -OCH3 is 3. The Morgan fingerprint density at radius 2 is 1.63 bits per heavy atom. The number of hydrogen-bond acceptors (Lipinski definition) is 5. The van der Waals surface area contributed by atoms with E-state index in [0.29, 0.717) is 18.0 Å². The quantitative estimate of drug-likeness (QED) is 0.769. The van der Waals surface area contributed by atoms with Crippen molar-refractivity contribution in [1.82, 2.24) is 4.90 Å². The Labute approximate surface area is 161 Å². The largest absolute Gasteiger partial charge is 0.497 e. The SMILES string of the molecule is COc1ccc(NC(=O)[C@H](C)N(C)Cc2cc(OC)c(OC)cc2C)cc1. The third kappa shape index (κ3) is 5.14. The molecule has 6 nitrogen and oxygen atoms in total. The van der Waals surface area contributed by atoms with Crippen LogP contribution in [0.25, 0.3) is 0 Å². The predicted octanol–water partition coefficient (Wildman–Crippen LogP) is 3.48. The zero-order valence-corrected chi connectivity index (χ0v) is 16.8. The number of nitrogens with zero attached hydrogens (tertiary/aromatic N) is 1. The highest BCUT2D eigenvalue weighted by Gasteiger charge is 2.20. The number of benzene rings is 2. The molecule has 0 heterocycles. The van der Waals surface area contributed by atoms with Crippen molar-refractivity contribution < 1.29 is 19.0 Å². The fourth-order valence-electron chi connectivity index (χ4n) is 2.72. The Morgan fingerprint density at radius 1 is 1.04 bits per heavy atom. The maximum absolute atomic E-state index is 12.6. The Morgan fingerprint density at radius 3 is 2.19 bits per heavy atom. The van der Waals surface area contributed by atoms with E-state index in [1.165, 1.54) is 0 Å². The number of anilines is 1. The second kappa shape index (κ2) is 9.28. The van der Waals surface area contributed by atoms with E-state index in [0.717, 1.165) is 22.6 Å². The van der Waals surface area contributed by atoms with E-state index in [2.05, 4.69) is 5.32 Å². The van der Waals surface area contributed by atoms with Crippen LogP contribution in [0.1, 0.15) is 18.1 Å². The van der Waals surface area contributed by atoms with E-state index in [4.69, 9.17) is 14.2 Å². The van der Waals surface area contributed by atoms with Crippen LogP contribution >= 0.6 is 0 Å². The molecular weight excluding hydrogens is 344 g/mol. The first-order valence-electron chi connectivity index (χ1n) is 8.76. The molecule has 0 aromatic heterocycles. The Hall–Kier alpha value is -2.73. The highest BCUT2D eigenvalue weighted by molar-refractivity contribution is 5.94. The number of ether oxygens (including phenoxy) is 3. The van der Waals surface area contributed by atoms with Crippen molar-refractivity contribution in [1.29, 1.82) is 0 Å². The van der Waals surface area contributed by atoms with Gasteiger partial charge in [-0.1, -0.05) is 0 Å². The smallest absolute Gasteiger partial charge is 0.241 e. The van der Waals surface area contributed by atoms with Gasteiger partial charge in [-0.25, -0.2) is 0 Å². The average molecular weight is 372 g/mol. The van der Waals surface area contributed by atoms with Crippen molar-refractivity contribution in [2.75, 3.05) is 33.7 Å². The summed E-state index contributed by atoms with van der Waals surface area (Å²) in [4.78, 5) is 14.6. The van der Waals surface area contributed by atoms with Crippen molar-refractivity contribution in [2.45, 2.75) is 26.4 Å². The van der Waals surface area contributed by atoms with Crippen LogP contribution in [0, 0.1) is 6.92 Å². The van der Waals surface area contributed by atoms with Gasteiger partial charge in [-0.3, -0.25) is 9.69 Å². The third-order valence-corrected chi connectivity index (χ3v) is 4.66. The summed E-state index contributed by atoms with van der Waals surface area (Å²) in [5.41, 5.74) is 2.91. The van der Waals surface area contributed by atoms with Crippen LogP contribution in [0.4, 0.5) is 5.69 Å². The van der Waals surface area contributed by atoms with Gasteiger partial charge in [0.1, 0.15) is 5.75 Å². The highest BCUT2D eigenvalue weighted by atomic mass is 16.5. The van der Waals surface area contributed by atoms with Gasteiger partial charge >= 0.3 is 0 Å². The molecule has 0 unspecified atom stereocenters. The van der Waals surface area contributed by atoms with Crippen LogP contribution in [-0.2, 0) is 11.3 Å². The number of carbonyl (C=O) groups excluding carboxylic acids is 1. The molecule has 0 aliphatic carbocycles. The summed E-state index contributed by atoms with van der Waals surface area (Å²) in [6.45, 7) is 4.52. The molecule has 0 fully saturated rings. The number of carbonyl (C=O) groups is 1. The fourth-order valence-corrected chi connectivity index (χ4v) is 2.72. The average Bonchev–Trinajstić information content (AvgIpc) is 2.68. The number of nitrogens with one attached hydrogen (secondary N) is 1. The third-order valence-electron chi connectivity index (χ3n) is 4.66. The first-order chi connectivity index (χ1) is 12.9. The minimum absolute atomic E-state index is 0.0687. The number of hydrogen-bond donors (Lipinski definition) is 1. The van der Waals surface area contributed by atoms with Gasteiger partial charge in [0.15, 0.2) is 11.5 Å². The molecule has 0 aliphatic rings. The van der Waals surface area contributed by atoms with Crippen molar-refractivity contribution in [3.05, 3.63) is 47.5 Å². The number of aryl methyl sites for hydroxylation is 1. The van der Waals surface area contributed by atoms with Gasteiger partial charge in [-0.05, 0) is 68.4 Å². The summed E-state index contributed by atoms with van der Waals surface area (Å²) in [7, 11) is 6.77. The van der Waals surface area contributed by atoms with E-state index in [1.54, 1.807) is 21.3 Å². The molecule has 146 valence electrons. The van der Waals surface area contributed by atoms with Crippen LogP contribution in [0.5, 0.6) is 17.2 Å². The lowest BCUT2D eigenvalue weighted by molar-refractivity contribution is -0.120. The summed E-state index contributed by atoms with van der Waals surface area (Å²) in [5.74, 6) is 2.07. The second-order valence-electron chi connectivity index (χ2n) is 6.44. The standard InChI is InChI=1S/C21H28N2O4/c1-14-11-19(26-5)20(27-6)12-16(14)13-23(3)15(2)21(24)22-17-7-9-18(25-4)10-8-17/h7-12,15H,13H2,1-6H3,(H,22,24)/t15-/m0/s1. The molecule has 0 saturated carbocycles. The van der Waals surface area contributed by atoms with Crippen molar-refractivity contribution in [3.63, 3.8) is 0 Å². The molecule has 0 saturated heterocycles. The van der Waals surface area contributed by atoms with Gasteiger partial charge in [0.05, 0.1) is 27.4 Å². The van der Waals surface area contributed by atoms with Crippen molar-refractivity contribution >= 4 is 11.6 Å². The van der Waals surface area contributed by atoms with E-state index in [9.17, 15) is 4.79 Å². The Balaban J connectivity index is 2.05. The molecule has 0 bridgehead atoms. The molecule has 2 rings (SSSR count). The highest BCUT2D eigenvalue weighted by Crippen LogP contribution is 2.31. The van der Waals surface area contributed by atoms with Gasteiger partial charge in [-0.2, -0.15) is 0 Å². The van der Waals surface area contributed by atoms with E-state index in [-0.39, 0.29) is 11.9 Å². The molecule has 2 aromatic carbocycles. The minimum Gasteiger partial charge on any atom is -0.497 e. The molecule has 0 aliphatic heterocycles. The van der Waals surface area contributed by atoms with Gasteiger partial charge in [0.25, 0.3) is 0 Å². The van der Waals surface area contributed by atoms with Crippen molar-refractivity contribution in [3.8, 4) is 17.2 Å². The molecule has 1 amide bonds. The van der Waals surface area contributed by atoms with Gasteiger partial charge in [0.2, 0.25) is 5.91 Å². The monoisotopic (exact) mass is 372 g/mol. The van der Waals surface area contributed by atoms with Gasteiger partial charge in [-0.15, -0.1) is 0 Å². The lowest BCUT2D eigenvalue weighted by Crippen LogP contribution is -2.39. The molecule has 1 atom stereocenters. The molecular formula is C21H28N2O4. The van der Waals surface area contributed by atoms with Crippen LogP contribution in [0.3, 0.4) is 0 Å². The van der Waals surface area contributed by atoms with E-state index in [1.807, 2.05) is 62.2 Å². The topological polar surface area (TPSA) is 60.0 Å². The normalized spacial score (nSPS) is 11.8. The first kappa shape index (κ1) is 20.6. The fraction of sp³-hybridized carbons (Fsp3) is 0.381. The summed E-state index contributed by atoms with van der Waals surface area (Å²) in [5, 5.41) is 2.93. The summed E-state index contributed by atoms with van der Waals surface area (Å²) in [6.07, 6.45) is 0. The molecule has 1 N–H and O–H groups in total. The lowest BCUT2D eigenvalue weighted by atomic mass is 10.1. The first-order valence-corrected chi connectivity index (χ1v) is 8.76. The van der Waals surface area contributed by atoms with Crippen LogP contribution in [0.15, 0.2) is 36.4 Å². The summed E-state index contributed by atoms with van der Waals surface area (Å²) in [6, 6.07) is 10.9.